The van der Waals surface area contributed by atoms with Crippen molar-refractivity contribution in [2.75, 3.05) is 13.1 Å². The predicted octanol–water partition coefficient (Wildman–Crippen LogP) is -0.613. The third-order valence-electron chi connectivity index (χ3n) is 1.41. The van der Waals surface area contributed by atoms with E-state index in [4.69, 9.17) is 10.2 Å². The molecule has 0 aliphatic carbocycles. The second-order valence-corrected chi connectivity index (χ2v) is 3.34. The van der Waals surface area contributed by atoms with Crippen LogP contribution < -0.4 is 10.6 Å². The van der Waals surface area contributed by atoms with E-state index in [9.17, 15) is 9.59 Å². The Morgan fingerprint density at radius 1 is 1.21 bits per heavy atom. The van der Waals surface area contributed by atoms with Gasteiger partial charge in [-0.15, -0.1) is 0 Å². The van der Waals surface area contributed by atoms with Gasteiger partial charge in [-0.1, -0.05) is 13.8 Å². The molecule has 0 saturated heterocycles. The van der Waals surface area contributed by atoms with Crippen molar-refractivity contribution in [3.05, 3.63) is 0 Å². The zero-order chi connectivity index (χ0) is 11.1. The van der Waals surface area contributed by atoms with Gasteiger partial charge in [0, 0.05) is 6.54 Å². The molecule has 0 aliphatic rings. The van der Waals surface area contributed by atoms with Gasteiger partial charge in [-0.3, -0.25) is 0 Å². The molecule has 0 aromatic heterocycles. The van der Waals surface area contributed by atoms with Crippen molar-refractivity contribution in [1.82, 2.24) is 10.6 Å². The van der Waals surface area contributed by atoms with E-state index in [0.29, 0.717) is 12.5 Å². The molecule has 0 aromatic carbocycles. The number of urea groups is 1. The maximum absolute atomic E-state index is 10.9. The van der Waals surface area contributed by atoms with Gasteiger partial charge < -0.3 is 20.8 Å². The van der Waals surface area contributed by atoms with Crippen LogP contribution in [0.3, 0.4) is 0 Å². The van der Waals surface area contributed by atoms with E-state index in [0.717, 1.165) is 0 Å². The molecule has 6 nitrogen and oxygen atoms in total. The summed E-state index contributed by atoms with van der Waals surface area (Å²) in [4.78, 5) is 21.1. The molecule has 82 valence electrons. The maximum Gasteiger partial charge on any atom is 0.334 e. The van der Waals surface area contributed by atoms with Gasteiger partial charge in [0.2, 0.25) is 0 Å². The Morgan fingerprint density at radius 2 is 1.71 bits per heavy atom. The molecule has 0 aromatic rings. The summed E-state index contributed by atoms with van der Waals surface area (Å²) in [6.45, 7) is 4.09. The van der Waals surface area contributed by atoms with Gasteiger partial charge in [0.1, 0.15) is 0 Å². The number of hydrogen-bond acceptors (Lipinski definition) is 3. The number of nitrogens with one attached hydrogen (secondary N) is 2. The number of hydrogen-bond donors (Lipinski definition) is 4. The standard InChI is InChI=1S/C8H16N2O4/c1-5(2)3-9-8(14)10-4-6(11)7(12)13/h5-6,11H,3-4H2,1-2H3,(H,12,13)(H2,9,10,14)/t6-/m0/s1. The molecule has 0 rings (SSSR count). The van der Waals surface area contributed by atoms with E-state index in [1.165, 1.54) is 0 Å². The van der Waals surface area contributed by atoms with E-state index >= 15 is 0 Å². The van der Waals surface area contributed by atoms with E-state index < -0.39 is 18.1 Å². The summed E-state index contributed by atoms with van der Waals surface area (Å²) in [6, 6.07) is -0.473. The molecule has 0 bridgehead atoms. The van der Waals surface area contributed by atoms with Crippen LogP contribution in [0.15, 0.2) is 0 Å². The zero-order valence-electron chi connectivity index (χ0n) is 8.28. The third kappa shape index (κ3) is 6.24. The molecule has 0 unspecified atom stereocenters. The van der Waals surface area contributed by atoms with Gasteiger partial charge in [-0.2, -0.15) is 0 Å². The molecule has 0 fully saturated rings. The fourth-order valence-electron chi connectivity index (χ4n) is 0.636. The number of carboxylic acid groups (broad SMARTS) is 1. The second-order valence-electron chi connectivity index (χ2n) is 3.34. The minimum absolute atomic E-state index is 0.292. The minimum atomic E-state index is -1.56. The normalized spacial score (nSPS) is 12.3. The first-order valence-corrected chi connectivity index (χ1v) is 4.36. The number of carbonyl (C=O) groups is 2. The van der Waals surface area contributed by atoms with Crippen LogP contribution in [-0.4, -0.2) is 41.4 Å². The fourth-order valence-corrected chi connectivity index (χ4v) is 0.636. The van der Waals surface area contributed by atoms with Crippen LogP contribution in [0, 0.1) is 5.92 Å². The molecule has 6 heteroatoms. The lowest BCUT2D eigenvalue weighted by molar-refractivity contribution is -0.146. The Balaban J connectivity index is 3.59. The smallest absolute Gasteiger partial charge is 0.334 e. The van der Waals surface area contributed by atoms with Gasteiger partial charge in [-0.05, 0) is 5.92 Å². The highest BCUT2D eigenvalue weighted by atomic mass is 16.4. The molecule has 2 amide bonds. The molecule has 0 spiro atoms. The Kier molecular flexibility index (Phi) is 5.62. The summed E-state index contributed by atoms with van der Waals surface area (Å²) in [7, 11) is 0. The summed E-state index contributed by atoms with van der Waals surface area (Å²) in [5, 5.41) is 21.9. The lowest BCUT2D eigenvalue weighted by Crippen LogP contribution is -2.43. The number of aliphatic hydroxyl groups is 1. The van der Waals surface area contributed by atoms with Crippen LogP contribution in [0.4, 0.5) is 4.79 Å². The maximum atomic E-state index is 10.9. The highest BCUT2D eigenvalue weighted by molar-refractivity contribution is 5.76. The molecular formula is C8H16N2O4. The molecule has 14 heavy (non-hydrogen) atoms. The number of amides is 2. The first kappa shape index (κ1) is 12.7. The average molecular weight is 204 g/mol. The first-order chi connectivity index (χ1) is 6.43. The van der Waals surface area contributed by atoms with Crippen molar-refractivity contribution < 1.29 is 19.8 Å². The lowest BCUT2D eigenvalue weighted by atomic mass is 10.2. The Morgan fingerprint density at radius 3 is 2.14 bits per heavy atom. The zero-order valence-corrected chi connectivity index (χ0v) is 8.28. The Bertz CT molecular complexity index is 206. The van der Waals surface area contributed by atoms with Crippen molar-refractivity contribution in [2.45, 2.75) is 20.0 Å². The fraction of sp³-hybridized carbons (Fsp3) is 0.750. The van der Waals surface area contributed by atoms with Gasteiger partial charge in [0.05, 0.1) is 6.54 Å². The van der Waals surface area contributed by atoms with Gasteiger partial charge in [0.25, 0.3) is 0 Å². The SMILES string of the molecule is CC(C)CNC(=O)NC[C@H](O)C(=O)O. The quantitative estimate of drug-likeness (QED) is 0.480. The van der Waals surface area contributed by atoms with Crippen LogP contribution in [0.5, 0.6) is 0 Å². The lowest BCUT2D eigenvalue weighted by Gasteiger charge is -2.10. The number of aliphatic carboxylic acids is 1. The number of carbonyl (C=O) groups excluding carboxylic acids is 1. The molecule has 4 N–H and O–H groups in total. The molecule has 0 aliphatic heterocycles. The largest absolute Gasteiger partial charge is 0.479 e. The summed E-state index contributed by atoms with van der Waals surface area (Å²) >= 11 is 0. The van der Waals surface area contributed by atoms with Crippen molar-refractivity contribution in [2.24, 2.45) is 5.92 Å². The monoisotopic (exact) mass is 204 g/mol. The second kappa shape index (κ2) is 6.20. The topological polar surface area (TPSA) is 98.7 Å². The summed E-state index contributed by atoms with van der Waals surface area (Å²) in [6.07, 6.45) is -1.56. The highest BCUT2D eigenvalue weighted by Crippen LogP contribution is 1.86. The van der Waals surface area contributed by atoms with Crippen molar-refractivity contribution in [1.29, 1.82) is 0 Å². The number of rotatable bonds is 5. The van der Waals surface area contributed by atoms with Crippen molar-refractivity contribution in [3.63, 3.8) is 0 Å². The van der Waals surface area contributed by atoms with Crippen molar-refractivity contribution >= 4 is 12.0 Å². The Hall–Kier alpha value is -1.30. The molecule has 1 atom stereocenters. The average Bonchev–Trinajstić information content (AvgIpc) is 2.10. The van der Waals surface area contributed by atoms with Gasteiger partial charge in [0.15, 0.2) is 6.10 Å². The van der Waals surface area contributed by atoms with Crippen molar-refractivity contribution in [3.8, 4) is 0 Å². The number of aliphatic hydroxyl groups excluding tert-OH is 1. The van der Waals surface area contributed by atoms with E-state index in [1.54, 1.807) is 0 Å². The van der Waals surface area contributed by atoms with E-state index in [2.05, 4.69) is 10.6 Å². The van der Waals surface area contributed by atoms with E-state index in [-0.39, 0.29) is 6.54 Å². The van der Waals surface area contributed by atoms with E-state index in [1.807, 2.05) is 13.8 Å². The molecule has 0 saturated carbocycles. The van der Waals surface area contributed by atoms with Gasteiger partial charge >= 0.3 is 12.0 Å². The Labute approximate surface area is 82.3 Å². The summed E-state index contributed by atoms with van der Waals surface area (Å²) < 4.78 is 0. The number of carboxylic acids is 1. The first-order valence-electron chi connectivity index (χ1n) is 4.36. The molecule has 0 radical (unpaired) electrons. The van der Waals surface area contributed by atoms with Crippen LogP contribution in [-0.2, 0) is 4.79 Å². The van der Waals surface area contributed by atoms with Crippen LogP contribution in [0.25, 0.3) is 0 Å². The van der Waals surface area contributed by atoms with Crippen LogP contribution in [0.1, 0.15) is 13.8 Å². The van der Waals surface area contributed by atoms with Crippen LogP contribution >= 0.6 is 0 Å². The van der Waals surface area contributed by atoms with Crippen LogP contribution in [0.2, 0.25) is 0 Å². The summed E-state index contributed by atoms with van der Waals surface area (Å²) in [5.74, 6) is -1.03. The minimum Gasteiger partial charge on any atom is -0.479 e. The summed E-state index contributed by atoms with van der Waals surface area (Å²) in [5.41, 5.74) is 0. The molecule has 0 heterocycles. The highest BCUT2D eigenvalue weighted by Gasteiger charge is 2.13. The predicted molar refractivity (Wildman–Crippen MR) is 49.9 cm³/mol. The van der Waals surface area contributed by atoms with Gasteiger partial charge in [-0.25, -0.2) is 9.59 Å². The molecular weight excluding hydrogens is 188 g/mol. The third-order valence-corrected chi connectivity index (χ3v) is 1.41.